The second-order valence-electron chi connectivity index (χ2n) is 31.4. The molecular formula is C99H126N8O32. The van der Waals surface area contributed by atoms with Crippen LogP contribution in [0.15, 0.2) is 189 Å². The van der Waals surface area contributed by atoms with Crippen LogP contribution >= 0.6 is 0 Å². The minimum Gasteiger partial charge on any atom is -0.462 e. The zero-order chi connectivity index (χ0) is 106. The average Bonchev–Trinajstić information content (AvgIpc) is 1.69. The minimum atomic E-state index is -0.571. The van der Waals surface area contributed by atoms with Crippen LogP contribution in [0.4, 0.5) is 0 Å². The van der Waals surface area contributed by atoms with Crippen molar-refractivity contribution in [1.82, 2.24) is 39.2 Å². The number of amides is 16. The Bertz CT molecular complexity index is 5030. The third kappa shape index (κ3) is 37.1. The molecular weight excluding hydrogens is 1810 g/mol. The van der Waals surface area contributed by atoms with E-state index in [2.05, 4.69) is 57.4 Å². The molecule has 0 radical (unpaired) electrons. The Hall–Kier alpha value is -15.1. The highest BCUT2D eigenvalue weighted by Crippen LogP contribution is 2.27. The third-order valence-electron chi connectivity index (χ3n) is 21.4. The van der Waals surface area contributed by atoms with Crippen LogP contribution in [0.5, 0.6) is 0 Å². The van der Waals surface area contributed by atoms with Crippen molar-refractivity contribution in [2.75, 3.05) is 112 Å². The van der Waals surface area contributed by atoms with Crippen LogP contribution in [0.1, 0.15) is 176 Å². The first-order valence-corrected chi connectivity index (χ1v) is 43.8. The van der Waals surface area contributed by atoms with Crippen molar-refractivity contribution in [3.05, 3.63) is 189 Å². The van der Waals surface area contributed by atoms with Gasteiger partial charge in [0.25, 0.3) is 94.5 Å². The Morgan fingerprint density at radius 1 is 0.237 bits per heavy atom. The van der Waals surface area contributed by atoms with Gasteiger partial charge in [0.2, 0.25) is 0 Å². The fourth-order valence-electron chi connectivity index (χ4n) is 12.0. The molecule has 0 N–H and O–H groups in total. The van der Waals surface area contributed by atoms with E-state index in [9.17, 15) is 115 Å². The molecule has 40 heteroatoms. The zero-order valence-corrected chi connectivity index (χ0v) is 82.4. The Balaban J connectivity index is 0.000000796. The van der Waals surface area contributed by atoms with Crippen LogP contribution in [-0.4, -0.2) is 293 Å². The van der Waals surface area contributed by atoms with E-state index in [4.69, 9.17) is 33.2 Å². The molecule has 0 saturated carbocycles. The van der Waals surface area contributed by atoms with Crippen LogP contribution < -0.4 is 0 Å². The first kappa shape index (κ1) is 122. The number of ketones is 1. The SMILES string of the molecule is C=C(C)C(=O)OCCCCCCN1C(=O)C(C)=C(C)C1=O.C=C(C)C(=O)OCCCN1C(=O)C(C)=C(C)C1=O.C=C(C)C(=O)OCCN1C(=O)C(C)=C(C)C1=O.C=CC(=O)CCCN1C(=O)C(C)=C(C)C1=O.C=CC(=O)OCCCN1C(=O)C(C)=C(C)C1=O.C=CC(=O)OCCN1C(=O)C(C)=C(C)C1=O.C=CC(=O)OCCN1C(=O)C=C(C)C1=O.C=CC(=O)OCCOCCN1C(=O)C(C)=C(C)C1=O. The minimum absolute atomic E-state index is 0.0102. The number of esters is 7. The van der Waals surface area contributed by atoms with Gasteiger partial charge in [0.15, 0.2) is 5.78 Å². The Morgan fingerprint density at radius 2 is 0.453 bits per heavy atom. The first-order valence-electron chi connectivity index (χ1n) is 43.8. The molecule has 139 heavy (non-hydrogen) atoms. The Morgan fingerprint density at radius 3 is 0.719 bits per heavy atom. The molecule has 0 saturated heterocycles. The van der Waals surface area contributed by atoms with Crippen molar-refractivity contribution in [3.63, 3.8) is 0 Å². The molecule has 0 fully saturated rings. The number of carbonyl (C=O) groups excluding carboxylic acids is 24. The maximum absolute atomic E-state index is 11.8. The molecule has 8 aliphatic rings. The lowest BCUT2D eigenvalue weighted by molar-refractivity contribution is -0.144. The summed E-state index contributed by atoms with van der Waals surface area (Å²) in [6.45, 7) is 58.8. The number of unbranched alkanes of at least 4 members (excludes halogenated alkanes) is 3. The maximum atomic E-state index is 11.8. The summed E-state index contributed by atoms with van der Waals surface area (Å²) in [6, 6.07) is 0. The van der Waals surface area contributed by atoms with Gasteiger partial charge in [-0.25, -0.2) is 33.6 Å². The number of rotatable bonds is 42. The van der Waals surface area contributed by atoms with Crippen LogP contribution in [0.3, 0.4) is 0 Å². The number of carbonyl (C=O) groups is 24. The summed E-state index contributed by atoms with van der Waals surface area (Å²) in [4.78, 5) is 282. The zero-order valence-electron chi connectivity index (χ0n) is 82.4. The predicted molar refractivity (Wildman–Crippen MR) is 501 cm³/mol. The molecule has 0 aromatic heterocycles. The van der Waals surface area contributed by atoms with Crippen molar-refractivity contribution in [3.8, 4) is 0 Å². The number of nitrogens with zero attached hydrogens (tertiary/aromatic N) is 8. The molecule has 0 aliphatic carbocycles. The van der Waals surface area contributed by atoms with Gasteiger partial charge in [-0.2, -0.15) is 0 Å². The molecule has 0 spiro atoms. The quantitative estimate of drug-likeness (QED) is 0.0190. The summed E-state index contributed by atoms with van der Waals surface area (Å²) in [5.74, 6) is -7.98. The largest absolute Gasteiger partial charge is 0.462 e. The molecule has 8 heterocycles. The van der Waals surface area contributed by atoms with Gasteiger partial charge >= 0.3 is 41.8 Å². The Kier molecular flexibility index (Phi) is 52.9. The molecule has 0 aromatic carbocycles. The topological polar surface area (TPSA) is 509 Å². The van der Waals surface area contributed by atoms with E-state index in [-0.39, 0.29) is 204 Å². The summed E-state index contributed by atoms with van der Waals surface area (Å²) in [5, 5.41) is 0. The van der Waals surface area contributed by atoms with E-state index >= 15 is 0 Å². The van der Waals surface area contributed by atoms with Gasteiger partial charge in [0, 0.05) is 163 Å². The molecule has 0 atom stereocenters. The summed E-state index contributed by atoms with van der Waals surface area (Å²) in [6.07, 6.45) is 11.7. The molecule has 754 valence electrons. The lowest BCUT2D eigenvalue weighted by Gasteiger charge is -2.14. The van der Waals surface area contributed by atoms with Gasteiger partial charge in [-0.15, -0.1) is 0 Å². The van der Waals surface area contributed by atoms with Crippen molar-refractivity contribution >= 4 is 142 Å². The van der Waals surface area contributed by atoms with Crippen molar-refractivity contribution in [2.45, 2.75) is 176 Å². The molecule has 40 nitrogen and oxygen atoms in total. The van der Waals surface area contributed by atoms with E-state index in [0.29, 0.717) is 140 Å². The fourth-order valence-corrected chi connectivity index (χ4v) is 12.0. The fraction of sp³-hybridized carbons (Fsp3) is 0.434. The van der Waals surface area contributed by atoms with Crippen molar-refractivity contribution in [1.29, 1.82) is 0 Å². The smallest absolute Gasteiger partial charge is 0.333 e. The second kappa shape index (κ2) is 60.4. The van der Waals surface area contributed by atoms with Crippen LogP contribution in [0.25, 0.3) is 0 Å². The predicted octanol–water partition coefficient (Wildman–Crippen LogP) is 7.31. The standard InChI is InChI=1S/C16H23NO4.C13H17NO5.C13H17NO4.2C12H15NO4.C12H15NO3.C11H13NO4.C10H11NO4/c1-11(2)16(20)21-10-8-6-5-7-9-17-14(18)12(3)13(4)15(17)19;1-4-11(15)19-8-7-18-6-5-14-12(16)9(2)10(3)13(14)17;1-8(2)13(17)18-7-5-6-14-11(15)9(3)10(4)12(14)16;1-7(2)12(16)17-6-5-13-10(14)8(3)9(4)11(13)15;1-4-10(14)17-7-5-6-13-11(15)8(2)9(3)12(13)16;1-4-10(14)6-5-7-13-11(15)8(2)9(3)12(13)16;1-4-9(13)16-6-5-12-10(14)7(2)8(3)11(12)15;1-3-9(13)15-5-4-11-8(12)6-7(2)10(11)14/h1,5-10H2,2-4H3;4H,1,5-8H2,2-3H3;1,5-7H2,2-4H3;1,5-6H2,2-4H3;4H,1,5-7H2,2-3H3;4H,1,5-7H2,2-3H3;4H,1,5-6H2,2-3H3;3,6H,1,4-5H2,2H3. The van der Waals surface area contributed by atoms with Crippen LogP contribution in [-0.2, 0) is 153 Å². The number of hydrogen-bond acceptors (Lipinski definition) is 32. The lowest BCUT2D eigenvalue weighted by Crippen LogP contribution is -2.35. The molecule has 8 rings (SSSR count). The van der Waals surface area contributed by atoms with Gasteiger partial charge in [-0.3, -0.25) is 121 Å². The van der Waals surface area contributed by atoms with E-state index < -0.39 is 35.8 Å². The highest BCUT2D eigenvalue weighted by Gasteiger charge is 2.39. The van der Waals surface area contributed by atoms with Gasteiger partial charge < -0.3 is 37.9 Å². The lowest BCUT2D eigenvalue weighted by atomic mass is 10.2. The van der Waals surface area contributed by atoms with Gasteiger partial charge in [0.05, 0.1) is 59.2 Å². The highest BCUT2D eigenvalue weighted by atomic mass is 16.6. The van der Waals surface area contributed by atoms with Gasteiger partial charge in [-0.05, 0) is 169 Å². The van der Waals surface area contributed by atoms with Gasteiger partial charge in [-0.1, -0.05) is 59.1 Å². The summed E-state index contributed by atoms with van der Waals surface area (Å²) >= 11 is 0. The Labute approximate surface area is 807 Å². The number of ether oxygens (including phenoxy) is 8. The molecule has 8 aliphatic heterocycles. The van der Waals surface area contributed by atoms with E-state index in [0.717, 1.165) is 69.6 Å². The number of allylic oxidation sites excluding steroid dienone is 1. The summed E-state index contributed by atoms with van der Waals surface area (Å²) in [5.41, 5.74) is 8.19. The second-order valence-corrected chi connectivity index (χ2v) is 31.4. The van der Waals surface area contributed by atoms with Gasteiger partial charge in [0.1, 0.15) is 26.4 Å². The summed E-state index contributed by atoms with van der Waals surface area (Å²) < 4.78 is 38.7. The maximum Gasteiger partial charge on any atom is 0.333 e. The molecule has 0 unspecified atom stereocenters. The van der Waals surface area contributed by atoms with Crippen LogP contribution in [0, 0.1) is 0 Å². The van der Waals surface area contributed by atoms with Crippen LogP contribution in [0.2, 0.25) is 0 Å². The normalized spacial score (nSPS) is 15.4. The average molecular weight is 1940 g/mol. The number of imide groups is 8. The summed E-state index contributed by atoms with van der Waals surface area (Å²) in [7, 11) is 0. The first-order chi connectivity index (χ1) is 65.1. The van der Waals surface area contributed by atoms with Crippen molar-refractivity contribution < 1.29 is 153 Å². The monoisotopic (exact) mass is 1940 g/mol. The van der Waals surface area contributed by atoms with E-state index in [1.807, 2.05) is 0 Å². The third-order valence-corrected chi connectivity index (χ3v) is 21.4. The van der Waals surface area contributed by atoms with E-state index in [1.165, 1.54) is 38.7 Å². The number of hydrogen-bond donors (Lipinski definition) is 0. The molecule has 0 bridgehead atoms. The van der Waals surface area contributed by atoms with Crippen molar-refractivity contribution in [2.24, 2.45) is 0 Å². The van der Waals surface area contributed by atoms with E-state index in [1.54, 1.807) is 118 Å². The highest BCUT2D eigenvalue weighted by molar-refractivity contribution is 6.23. The molecule has 0 aromatic rings. The molecule has 16 amide bonds.